The van der Waals surface area contributed by atoms with Crippen LogP contribution in [0.5, 0.6) is 0 Å². The summed E-state index contributed by atoms with van der Waals surface area (Å²) in [5.41, 5.74) is -0.0483. The van der Waals surface area contributed by atoms with Crippen LogP contribution in [0.2, 0.25) is 0 Å². The van der Waals surface area contributed by atoms with E-state index in [2.05, 4.69) is 13.8 Å². The molecule has 2 aliphatic heterocycles. The number of rotatable bonds is 6. The van der Waals surface area contributed by atoms with Crippen molar-refractivity contribution in [3.63, 3.8) is 0 Å². The molecule has 2 saturated carbocycles. The minimum absolute atomic E-state index is 0.0241. The molecule has 4 aliphatic rings. The quantitative estimate of drug-likeness (QED) is 0.396. The molecule has 0 bridgehead atoms. The van der Waals surface area contributed by atoms with Crippen molar-refractivity contribution in [3.8, 4) is 0 Å². The highest BCUT2D eigenvalue weighted by Crippen LogP contribution is 2.50. The van der Waals surface area contributed by atoms with Crippen LogP contribution < -0.4 is 0 Å². The van der Waals surface area contributed by atoms with Gasteiger partial charge in [-0.25, -0.2) is 0 Å². The molecule has 2 heterocycles. The van der Waals surface area contributed by atoms with Crippen molar-refractivity contribution in [2.24, 2.45) is 11.8 Å². The summed E-state index contributed by atoms with van der Waals surface area (Å²) in [5.74, 6) is -0.832. The summed E-state index contributed by atoms with van der Waals surface area (Å²) in [6.07, 6.45) is 3.52. The first-order chi connectivity index (χ1) is 12.7. The predicted octanol–water partition coefficient (Wildman–Crippen LogP) is 2.70. The number of fused-ring (bicyclic) bond motifs is 2. The smallest absolute Gasteiger partial charge is 0.311 e. The van der Waals surface area contributed by atoms with Crippen molar-refractivity contribution < 1.29 is 33.3 Å². The molecule has 152 valence electrons. The summed E-state index contributed by atoms with van der Waals surface area (Å²) in [5, 5.41) is 0. The molecule has 0 spiro atoms. The van der Waals surface area contributed by atoms with E-state index in [1.54, 1.807) is 13.8 Å². The van der Waals surface area contributed by atoms with Crippen LogP contribution in [0, 0.1) is 11.8 Å². The van der Waals surface area contributed by atoms with E-state index < -0.39 is 12.6 Å². The second kappa shape index (κ2) is 6.71. The molecule has 0 N–H and O–H groups in total. The Kier molecular flexibility index (Phi) is 4.76. The Morgan fingerprint density at radius 1 is 0.852 bits per heavy atom. The Morgan fingerprint density at radius 3 is 1.63 bits per heavy atom. The molecule has 7 nitrogen and oxygen atoms in total. The van der Waals surface area contributed by atoms with Crippen molar-refractivity contribution in [2.75, 3.05) is 0 Å². The molecule has 0 radical (unpaired) electrons. The fraction of sp³-hybridized carbons (Fsp3) is 0.900. The fourth-order valence-electron chi connectivity index (χ4n) is 4.56. The summed E-state index contributed by atoms with van der Waals surface area (Å²) < 4.78 is 27.6. The lowest BCUT2D eigenvalue weighted by atomic mass is 9.83. The Hall–Kier alpha value is -1.18. The van der Waals surface area contributed by atoms with E-state index in [9.17, 15) is 9.59 Å². The van der Waals surface area contributed by atoms with E-state index in [1.165, 1.54) is 0 Å². The summed E-state index contributed by atoms with van der Waals surface area (Å²) in [6, 6.07) is 0. The summed E-state index contributed by atoms with van der Waals surface area (Å²) >= 11 is 0. The number of epoxide rings is 2. The molecule has 0 amide bonds. The lowest BCUT2D eigenvalue weighted by Gasteiger charge is -2.26. The van der Waals surface area contributed by atoms with Gasteiger partial charge in [-0.3, -0.25) is 9.59 Å². The summed E-state index contributed by atoms with van der Waals surface area (Å²) in [7, 11) is 0. The van der Waals surface area contributed by atoms with Crippen LogP contribution in [0.1, 0.15) is 66.2 Å². The standard InChI is InChI=1S/C20H30O7/c1-11(24-17(21)13-5-7-19(3)15(9-13)26-19)23-12(2)25-18(22)14-6-8-20(4)16(10-14)27-20/h11-16H,5-10H2,1-4H3. The van der Waals surface area contributed by atoms with Crippen LogP contribution >= 0.6 is 0 Å². The topological polar surface area (TPSA) is 86.9 Å². The van der Waals surface area contributed by atoms with Crippen molar-refractivity contribution in [1.82, 2.24) is 0 Å². The lowest BCUT2D eigenvalue weighted by molar-refractivity contribution is -0.231. The maximum Gasteiger partial charge on any atom is 0.311 e. The molecule has 2 aliphatic carbocycles. The van der Waals surface area contributed by atoms with Crippen molar-refractivity contribution in [2.45, 2.75) is 102 Å². The van der Waals surface area contributed by atoms with Gasteiger partial charge in [0, 0.05) is 0 Å². The summed E-state index contributed by atoms with van der Waals surface area (Å²) in [4.78, 5) is 24.6. The highest BCUT2D eigenvalue weighted by molar-refractivity contribution is 5.73. The third kappa shape index (κ3) is 4.00. The van der Waals surface area contributed by atoms with Gasteiger partial charge < -0.3 is 23.7 Å². The van der Waals surface area contributed by atoms with Gasteiger partial charge in [-0.15, -0.1) is 0 Å². The lowest BCUT2D eigenvalue weighted by Crippen LogP contribution is -2.34. The van der Waals surface area contributed by atoms with Gasteiger partial charge >= 0.3 is 11.9 Å². The van der Waals surface area contributed by atoms with Crippen LogP contribution in [-0.4, -0.2) is 47.9 Å². The second-order valence-electron chi connectivity index (χ2n) is 8.93. The van der Waals surface area contributed by atoms with Crippen LogP contribution in [0.15, 0.2) is 0 Å². The largest absolute Gasteiger partial charge is 0.436 e. The Bertz CT molecular complexity index is 569. The Balaban J connectivity index is 1.17. The zero-order valence-electron chi connectivity index (χ0n) is 16.6. The molecule has 0 aromatic rings. The van der Waals surface area contributed by atoms with E-state index in [-0.39, 0.29) is 47.2 Å². The van der Waals surface area contributed by atoms with E-state index >= 15 is 0 Å². The first kappa shape index (κ1) is 19.2. The maximum absolute atomic E-state index is 12.3. The molecule has 8 unspecified atom stereocenters. The van der Waals surface area contributed by atoms with Crippen LogP contribution in [-0.2, 0) is 33.3 Å². The van der Waals surface area contributed by atoms with Gasteiger partial charge in [0.15, 0.2) is 0 Å². The monoisotopic (exact) mass is 382 g/mol. The average molecular weight is 382 g/mol. The number of esters is 2. The van der Waals surface area contributed by atoms with Gasteiger partial charge in [0.25, 0.3) is 0 Å². The van der Waals surface area contributed by atoms with Crippen LogP contribution in [0.4, 0.5) is 0 Å². The Labute approximate surface area is 160 Å². The molecule has 0 aromatic heterocycles. The Morgan fingerprint density at radius 2 is 1.26 bits per heavy atom. The van der Waals surface area contributed by atoms with Crippen molar-refractivity contribution in [3.05, 3.63) is 0 Å². The van der Waals surface area contributed by atoms with Gasteiger partial charge in [0.05, 0.1) is 35.2 Å². The van der Waals surface area contributed by atoms with Gasteiger partial charge in [-0.05, 0) is 66.2 Å². The molecule has 7 heteroatoms. The number of ether oxygens (including phenoxy) is 5. The van der Waals surface area contributed by atoms with Gasteiger partial charge in [0.1, 0.15) is 0 Å². The number of carbonyl (C=O) groups is 2. The van der Waals surface area contributed by atoms with E-state index in [0.29, 0.717) is 12.8 Å². The second-order valence-corrected chi connectivity index (χ2v) is 8.93. The molecular weight excluding hydrogens is 352 g/mol. The van der Waals surface area contributed by atoms with Gasteiger partial charge in [-0.1, -0.05) is 0 Å². The molecule has 4 fully saturated rings. The third-order valence-electron chi connectivity index (χ3n) is 6.66. The van der Waals surface area contributed by atoms with Gasteiger partial charge in [0.2, 0.25) is 12.6 Å². The molecule has 2 saturated heterocycles. The third-order valence-corrected chi connectivity index (χ3v) is 6.66. The zero-order valence-corrected chi connectivity index (χ0v) is 16.6. The average Bonchev–Trinajstić information content (AvgIpc) is 3.45. The first-order valence-electron chi connectivity index (χ1n) is 10.1. The van der Waals surface area contributed by atoms with Gasteiger partial charge in [-0.2, -0.15) is 0 Å². The molecule has 27 heavy (non-hydrogen) atoms. The van der Waals surface area contributed by atoms with Crippen LogP contribution in [0.3, 0.4) is 0 Å². The number of hydrogen-bond donors (Lipinski definition) is 0. The molecule has 0 aromatic carbocycles. The summed E-state index contributed by atoms with van der Waals surface area (Å²) in [6.45, 7) is 7.46. The van der Waals surface area contributed by atoms with Crippen molar-refractivity contribution in [1.29, 1.82) is 0 Å². The molecule has 4 rings (SSSR count). The van der Waals surface area contributed by atoms with Crippen LogP contribution in [0.25, 0.3) is 0 Å². The minimum atomic E-state index is -0.768. The number of hydrogen-bond acceptors (Lipinski definition) is 7. The highest BCUT2D eigenvalue weighted by atomic mass is 16.8. The van der Waals surface area contributed by atoms with Crippen molar-refractivity contribution >= 4 is 11.9 Å². The van der Waals surface area contributed by atoms with E-state index in [4.69, 9.17) is 23.7 Å². The zero-order chi connectivity index (χ0) is 19.4. The number of carbonyl (C=O) groups excluding carboxylic acids is 2. The first-order valence-corrected chi connectivity index (χ1v) is 10.1. The molecule has 8 atom stereocenters. The normalized spacial score (nSPS) is 44.3. The fourth-order valence-corrected chi connectivity index (χ4v) is 4.56. The molecular formula is C20H30O7. The minimum Gasteiger partial charge on any atom is -0.436 e. The maximum atomic E-state index is 12.3. The van der Waals surface area contributed by atoms with E-state index in [0.717, 1.165) is 25.7 Å². The highest BCUT2D eigenvalue weighted by Gasteiger charge is 2.57. The van der Waals surface area contributed by atoms with E-state index in [1.807, 2.05) is 0 Å². The SMILES string of the molecule is CC(OC(=O)C1CCC2(C)OC2C1)OC(C)OC(=O)C1CCC2(C)OC2C1. The predicted molar refractivity (Wildman–Crippen MR) is 93.4 cm³/mol.